The van der Waals surface area contributed by atoms with Gasteiger partial charge in [0.05, 0.1) is 0 Å². The summed E-state index contributed by atoms with van der Waals surface area (Å²) in [4.78, 5) is 10.6. The highest BCUT2D eigenvalue weighted by atomic mass is 16.4. The lowest BCUT2D eigenvalue weighted by atomic mass is 9.84. The van der Waals surface area contributed by atoms with E-state index in [4.69, 9.17) is 5.11 Å². The van der Waals surface area contributed by atoms with Gasteiger partial charge in [0.1, 0.15) is 0 Å². The molecule has 0 spiro atoms. The molecule has 1 fully saturated rings. The molecule has 1 aromatic carbocycles. The number of aliphatic hydroxyl groups excluding tert-OH is 1. The molecule has 3 heteroatoms. The first kappa shape index (κ1) is 12.1. The summed E-state index contributed by atoms with van der Waals surface area (Å²) in [5.41, 5.74) is 1.73. The number of benzene rings is 1. The molecule has 1 aromatic rings. The molecule has 1 aliphatic rings. The molecule has 2 N–H and O–H groups in total. The fourth-order valence-electron chi connectivity index (χ4n) is 2.53. The maximum atomic E-state index is 10.6. The van der Waals surface area contributed by atoms with Crippen molar-refractivity contribution in [3.63, 3.8) is 0 Å². The van der Waals surface area contributed by atoms with Crippen molar-refractivity contribution >= 4 is 5.97 Å². The Morgan fingerprint density at radius 1 is 1.12 bits per heavy atom. The SMILES string of the molecule is O=C(O)[C@@H](O)c1ccc(C2CCCCC2)cc1. The van der Waals surface area contributed by atoms with Crippen LogP contribution in [0.3, 0.4) is 0 Å². The number of aliphatic carboxylic acids is 1. The molecule has 1 saturated carbocycles. The highest BCUT2D eigenvalue weighted by Crippen LogP contribution is 2.32. The zero-order valence-corrected chi connectivity index (χ0v) is 9.80. The summed E-state index contributed by atoms with van der Waals surface area (Å²) in [7, 11) is 0. The Morgan fingerprint density at radius 3 is 2.24 bits per heavy atom. The lowest BCUT2D eigenvalue weighted by Gasteiger charge is -2.22. The Kier molecular flexibility index (Phi) is 3.79. The summed E-state index contributed by atoms with van der Waals surface area (Å²) in [6.07, 6.45) is 4.93. The number of hydrogen-bond acceptors (Lipinski definition) is 2. The molecule has 0 amide bonds. The third-order valence-corrected chi connectivity index (χ3v) is 3.56. The Balaban J connectivity index is 2.09. The van der Waals surface area contributed by atoms with E-state index in [1.165, 1.54) is 37.7 Å². The van der Waals surface area contributed by atoms with Gasteiger partial charge >= 0.3 is 5.97 Å². The second-order valence-corrected chi connectivity index (χ2v) is 4.74. The first-order chi connectivity index (χ1) is 8.18. The largest absolute Gasteiger partial charge is 0.479 e. The predicted molar refractivity (Wildman–Crippen MR) is 64.9 cm³/mol. The zero-order valence-electron chi connectivity index (χ0n) is 9.80. The molecule has 0 radical (unpaired) electrons. The summed E-state index contributed by atoms with van der Waals surface area (Å²) in [5.74, 6) is -0.588. The molecule has 0 aromatic heterocycles. The van der Waals surface area contributed by atoms with E-state index in [1.54, 1.807) is 12.1 Å². The van der Waals surface area contributed by atoms with Crippen LogP contribution in [0.1, 0.15) is 55.3 Å². The number of carboxylic acids is 1. The van der Waals surface area contributed by atoms with E-state index in [0.29, 0.717) is 11.5 Å². The fourth-order valence-corrected chi connectivity index (χ4v) is 2.53. The molecule has 0 heterocycles. The lowest BCUT2D eigenvalue weighted by Crippen LogP contribution is -2.10. The first-order valence-corrected chi connectivity index (χ1v) is 6.19. The van der Waals surface area contributed by atoms with Gasteiger partial charge in [-0.1, -0.05) is 43.5 Å². The van der Waals surface area contributed by atoms with E-state index in [1.807, 2.05) is 12.1 Å². The average Bonchev–Trinajstić information content (AvgIpc) is 2.39. The van der Waals surface area contributed by atoms with Crippen LogP contribution >= 0.6 is 0 Å². The average molecular weight is 234 g/mol. The van der Waals surface area contributed by atoms with Crippen molar-refractivity contribution in [2.45, 2.75) is 44.1 Å². The third kappa shape index (κ3) is 2.86. The van der Waals surface area contributed by atoms with Gasteiger partial charge in [-0.2, -0.15) is 0 Å². The van der Waals surface area contributed by atoms with E-state index >= 15 is 0 Å². The summed E-state index contributed by atoms with van der Waals surface area (Å²) in [6.45, 7) is 0. The molecule has 0 bridgehead atoms. The van der Waals surface area contributed by atoms with E-state index in [-0.39, 0.29) is 0 Å². The number of rotatable bonds is 3. The van der Waals surface area contributed by atoms with E-state index in [9.17, 15) is 9.90 Å². The quantitative estimate of drug-likeness (QED) is 0.845. The molecular formula is C14H18O3. The zero-order chi connectivity index (χ0) is 12.3. The van der Waals surface area contributed by atoms with Crippen molar-refractivity contribution < 1.29 is 15.0 Å². The van der Waals surface area contributed by atoms with Gasteiger partial charge in [0.2, 0.25) is 0 Å². The van der Waals surface area contributed by atoms with Crippen molar-refractivity contribution in [1.82, 2.24) is 0 Å². The van der Waals surface area contributed by atoms with Crippen LogP contribution in [0.15, 0.2) is 24.3 Å². The van der Waals surface area contributed by atoms with Crippen molar-refractivity contribution in [2.24, 2.45) is 0 Å². The standard InChI is InChI=1S/C14H18O3/c15-13(14(16)17)12-8-6-11(7-9-12)10-4-2-1-3-5-10/h6-10,13,15H,1-5H2,(H,16,17)/t13-/m0/s1. The Labute approximate surface area is 101 Å². The van der Waals surface area contributed by atoms with Gasteiger partial charge in [0.15, 0.2) is 6.10 Å². The van der Waals surface area contributed by atoms with Crippen LogP contribution in [0.25, 0.3) is 0 Å². The smallest absolute Gasteiger partial charge is 0.337 e. The van der Waals surface area contributed by atoms with Crippen LogP contribution < -0.4 is 0 Å². The number of carbonyl (C=O) groups is 1. The van der Waals surface area contributed by atoms with Gasteiger partial charge in [-0.05, 0) is 29.9 Å². The van der Waals surface area contributed by atoms with Gasteiger partial charge in [-0.15, -0.1) is 0 Å². The Bertz CT molecular complexity index is 377. The predicted octanol–water partition coefficient (Wildman–Crippen LogP) is 2.85. The molecule has 1 atom stereocenters. The molecular weight excluding hydrogens is 216 g/mol. The minimum Gasteiger partial charge on any atom is -0.479 e. The fraction of sp³-hybridized carbons (Fsp3) is 0.500. The Hall–Kier alpha value is -1.35. The van der Waals surface area contributed by atoms with Crippen molar-refractivity contribution in [1.29, 1.82) is 0 Å². The van der Waals surface area contributed by atoms with Gasteiger partial charge in [0.25, 0.3) is 0 Å². The second kappa shape index (κ2) is 5.32. The van der Waals surface area contributed by atoms with Crippen LogP contribution in [0, 0.1) is 0 Å². The van der Waals surface area contributed by atoms with Gasteiger partial charge < -0.3 is 10.2 Å². The van der Waals surface area contributed by atoms with E-state index < -0.39 is 12.1 Å². The molecule has 1 aliphatic carbocycles. The summed E-state index contributed by atoms with van der Waals surface area (Å²) >= 11 is 0. The van der Waals surface area contributed by atoms with Crippen molar-refractivity contribution in [3.8, 4) is 0 Å². The third-order valence-electron chi connectivity index (χ3n) is 3.56. The summed E-state index contributed by atoms with van der Waals surface area (Å²) < 4.78 is 0. The molecule has 2 rings (SSSR count). The van der Waals surface area contributed by atoms with Gasteiger partial charge in [0, 0.05) is 0 Å². The maximum Gasteiger partial charge on any atom is 0.337 e. The summed E-state index contributed by atoms with van der Waals surface area (Å²) in [5, 5.41) is 18.1. The lowest BCUT2D eigenvalue weighted by molar-refractivity contribution is -0.146. The molecule has 17 heavy (non-hydrogen) atoms. The highest BCUT2D eigenvalue weighted by molar-refractivity contribution is 5.73. The minimum atomic E-state index is -1.41. The normalized spacial score (nSPS) is 18.9. The van der Waals surface area contributed by atoms with Crippen LogP contribution in [0.4, 0.5) is 0 Å². The van der Waals surface area contributed by atoms with E-state index in [2.05, 4.69) is 0 Å². The van der Waals surface area contributed by atoms with Crippen LogP contribution in [-0.4, -0.2) is 16.2 Å². The monoisotopic (exact) mass is 234 g/mol. The number of aliphatic hydroxyl groups is 1. The maximum absolute atomic E-state index is 10.6. The van der Waals surface area contributed by atoms with Crippen molar-refractivity contribution in [2.75, 3.05) is 0 Å². The van der Waals surface area contributed by atoms with Crippen LogP contribution in [-0.2, 0) is 4.79 Å². The van der Waals surface area contributed by atoms with E-state index in [0.717, 1.165) is 0 Å². The number of carboxylic acid groups (broad SMARTS) is 1. The Morgan fingerprint density at radius 2 is 1.71 bits per heavy atom. The molecule has 0 saturated heterocycles. The first-order valence-electron chi connectivity index (χ1n) is 6.19. The molecule has 0 unspecified atom stereocenters. The van der Waals surface area contributed by atoms with Crippen molar-refractivity contribution in [3.05, 3.63) is 35.4 Å². The minimum absolute atomic E-state index is 0.456. The van der Waals surface area contributed by atoms with Crippen LogP contribution in [0.5, 0.6) is 0 Å². The highest BCUT2D eigenvalue weighted by Gasteiger charge is 2.18. The van der Waals surface area contributed by atoms with Crippen LogP contribution in [0.2, 0.25) is 0 Å². The number of hydrogen-bond donors (Lipinski definition) is 2. The van der Waals surface area contributed by atoms with Gasteiger partial charge in [-0.25, -0.2) is 4.79 Å². The summed E-state index contributed by atoms with van der Waals surface area (Å²) in [6, 6.07) is 7.36. The second-order valence-electron chi connectivity index (χ2n) is 4.74. The molecule has 92 valence electrons. The molecule has 3 nitrogen and oxygen atoms in total. The topological polar surface area (TPSA) is 57.5 Å². The van der Waals surface area contributed by atoms with Gasteiger partial charge in [-0.3, -0.25) is 0 Å². The molecule has 0 aliphatic heterocycles.